The topological polar surface area (TPSA) is 72.4 Å². The molecule has 158 valence electrons. The fourth-order valence-corrected chi connectivity index (χ4v) is 4.71. The van der Waals surface area contributed by atoms with Crippen LogP contribution in [0.25, 0.3) is 10.9 Å². The van der Waals surface area contributed by atoms with Crippen LogP contribution in [-0.4, -0.2) is 48.3 Å². The Labute approximate surface area is 179 Å². The molecule has 3 heterocycles. The van der Waals surface area contributed by atoms with Crippen molar-refractivity contribution >= 4 is 22.7 Å². The Balaban J connectivity index is 1.20. The second kappa shape index (κ2) is 8.05. The zero-order valence-electron chi connectivity index (χ0n) is 17.1. The summed E-state index contributed by atoms with van der Waals surface area (Å²) in [4.78, 5) is 19.5. The highest BCUT2D eigenvalue weighted by atomic mass is 19.1. The van der Waals surface area contributed by atoms with Crippen LogP contribution in [0.4, 0.5) is 14.9 Å². The molecule has 0 aliphatic carbocycles. The Hall–Kier alpha value is -3.37. The number of likely N-dealkylation sites (tertiary alicyclic amines) is 1. The summed E-state index contributed by atoms with van der Waals surface area (Å²) in [7, 11) is 0. The molecule has 1 aromatic heterocycles. The number of amides is 1. The van der Waals surface area contributed by atoms with Gasteiger partial charge in [-0.05, 0) is 79.9 Å². The molecule has 2 saturated heterocycles. The van der Waals surface area contributed by atoms with Gasteiger partial charge in [-0.3, -0.25) is 9.80 Å². The molecule has 0 bridgehead atoms. The van der Waals surface area contributed by atoms with E-state index in [-0.39, 0.29) is 18.0 Å². The normalized spacial score (nSPS) is 20.2. The number of carbonyl (C=O) groups is 1. The molecule has 2 fully saturated rings. The van der Waals surface area contributed by atoms with Gasteiger partial charge in [-0.2, -0.15) is 5.26 Å². The van der Waals surface area contributed by atoms with E-state index in [4.69, 9.17) is 4.74 Å². The first-order valence-electron chi connectivity index (χ1n) is 10.6. The summed E-state index contributed by atoms with van der Waals surface area (Å²) < 4.78 is 18.7. The van der Waals surface area contributed by atoms with Gasteiger partial charge in [0.15, 0.2) is 0 Å². The third-order valence-electron chi connectivity index (χ3n) is 6.34. The van der Waals surface area contributed by atoms with Crippen LogP contribution in [0, 0.1) is 17.1 Å². The number of fused-ring (bicyclic) bond motifs is 1. The summed E-state index contributed by atoms with van der Waals surface area (Å²) in [5, 5.41) is 10.3. The zero-order chi connectivity index (χ0) is 21.4. The number of benzene rings is 2. The monoisotopic (exact) mass is 418 g/mol. The summed E-state index contributed by atoms with van der Waals surface area (Å²) in [6.45, 7) is 3.03. The molecule has 7 heteroatoms. The van der Waals surface area contributed by atoms with Gasteiger partial charge in [-0.1, -0.05) is 0 Å². The van der Waals surface area contributed by atoms with Crippen molar-refractivity contribution in [2.75, 3.05) is 31.1 Å². The van der Waals surface area contributed by atoms with Crippen LogP contribution in [0.15, 0.2) is 48.7 Å². The molecule has 2 aliphatic rings. The number of nitrogens with one attached hydrogen (secondary N) is 1. The highest BCUT2D eigenvalue weighted by Gasteiger charge is 2.34. The standard InChI is InChI=1S/C24H23FN4O2/c25-18-2-4-19(5-3-18)29-15-20(31-24(29)30)14-28-9-7-17(8-10-28)22-13-27-23-6-1-16(12-26)11-21(22)23/h1-6,11,13,17,20,27H,7-10,14-15H2. The maximum absolute atomic E-state index is 13.2. The fourth-order valence-electron chi connectivity index (χ4n) is 4.71. The first-order valence-corrected chi connectivity index (χ1v) is 10.6. The van der Waals surface area contributed by atoms with Crippen molar-refractivity contribution < 1.29 is 13.9 Å². The molecule has 1 atom stereocenters. The van der Waals surface area contributed by atoms with Crippen LogP contribution >= 0.6 is 0 Å². The van der Waals surface area contributed by atoms with Gasteiger partial charge in [0.1, 0.15) is 11.9 Å². The van der Waals surface area contributed by atoms with E-state index in [0.717, 1.165) is 36.8 Å². The SMILES string of the molecule is N#Cc1ccc2[nH]cc(C3CCN(CC4CN(c5ccc(F)cc5)C(=O)O4)CC3)c2c1. The van der Waals surface area contributed by atoms with Crippen molar-refractivity contribution in [3.8, 4) is 6.07 Å². The van der Waals surface area contributed by atoms with E-state index in [1.165, 1.54) is 17.7 Å². The number of carbonyl (C=O) groups excluding carboxylic acids is 1. The second-order valence-corrected chi connectivity index (χ2v) is 8.28. The Kier molecular flexibility index (Phi) is 5.08. The van der Waals surface area contributed by atoms with E-state index < -0.39 is 0 Å². The van der Waals surface area contributed by atoms with Crippen LogP contribution in [0.5, 0.6) is 0 Å². The van der Waals surface area contributed by atoms with Crippen molar-refractivity contribution in [3.63, 3.8) is 0 Å². The average Bonchev–Trinajstić information content (AvgIpc) is 3.37. The number of H-pyrrole nitrogens is 1. The minimum absolute atomic E-state index is 0.194. The molecule has 1 amide bonds. The number of nitriles is 1. The molecular formula is C24H23FN4O2. The van der Waals surface area contributed by atoms with Gasteiger partial charge < -0.3 is 9.72 Å². The molecule has 31 heavy (non-hydrogen) atoms. The lowest BCUT2D eigenvalue weighted by Gasteiger charge is -2.32. The van der Waals surface area contributed by atoms with E-state index in [1.54, 1.807) is 17.0 Å². The molecule has 2 aliphatic heterocycles. The van der Waals surface area contributed by atoms with Crippen LogP contribution < -0.4 is 4.90 Å². The van der Waals surface area contributed by atoms with Gasteiger partial charge >= 0.3 is 6.09 Å². The number of anilines is 1. The number of aromatic nitrogens is 1. The van der Waals surface area contributed by atoms with Gasteiger partial charge in [-0.25, -0.2) is 9.18 Å². The van der Waals surface area contributed by atoms with Crippen molar-refractivity contribution in [1.82, 2.24) is 9.88 Å². The van der Waals surface area contributed by atoms with Gasteiger partial charge in [0.2, 0.25) is 0 Å². The van der Waals surface area contributed by atoms with Gasteiger partial charge in [0.05, 0.1) is 18.2 Å². The Bertz CT molecular complexity index is 1140. The number of aromatic amines is 1. The second-order valence-electron chi connectivity index (χ2n) is 8.28. The van der Waals surface area contributed by atoms with Crippen molar-refractivity contribution in [3.05, 3.63) is 65.6 Å². The lowest BCUT2D eigenvalue weighted by Crippen LogP contribution is -2.39. The number of nitrogens with zero attached hydrogens (tertiary/aromatic N) is 3. The van der Waals surface area contributed by atoms with E-state index in [9.17, 15) is 14.4 Å². The third kappa shape index (κ3) is 3.87. The molecule has 6 nitrogen and oxygen atoms in total. The highest BCUT2D eigenvalue weighted by Crippen LogP contribution is 2.34. The zero-order valence-corrected chi connectivity index (χ0v) is 17.1. The van der Waals surface area contributed by atoms with Crippen molar-refractivity contribution in [2.45, 2.75) is 24.9 Å². The minimum Gasteiger partial charge on any atom is -0.443 e. The summed E-state index contributed by atoms with van der Waals surface area (Å²) in [6, 6.07) is 13.9. The molecule has 0 radical (unpaired) electrons. The smallest absolute Gasteiger partial charge is 0.414 e. The van der Waals surface area contributed by atoms with Crippen molar-refractivity contribution in [2.24, 2.45) is 0 Å². The summed E-state index contributed by atoms with van der Waals surface area (Å²) in [6.07, 6.45) is 3.54. The molecular weight excluding hydrogens is 395 g/mol. The summed E-state index contributed by atoms with van der Waals surface area (Å²) in [5.74, 6) is 0.121. The molecule has 1 unspecified atom stereocenters. The molecule has 3 aromatic rings. The maximum atomic E-state index is 13.2. The number of cyclic esters (lactones) is 1. The Morgan fingerprint density at radius 1 is 1.16 bits per heavy atom. The van der Waals surface area contributed by atoms with Crippen LogP contribution in [0.1, 0.15) is 29.9 Å². The van der Waals surface area contributed by atoms with Crippen LogP contribution in [0.2, 0.25) is 0 Å². The average molecular weight is 418 g/mol. The molecule has 0 spiro atoms. The number of piperidine rings is 1. The number of ether oxygens (including phenoxy) is 1. The molecule has 0 saturated carbocycles. The summed E-state index contributed by atoms with van der Waals surface area (Å²) >= 11 is 0. The lowest BCUT2D eigenvalue weighted by atomic mass is 9.89. The number of rotatable bonds is 4. The Morgan fingerprint density at radius 2 is 1.94 bits per heavy atom. The lowest BCUT2D eigenvalue weighted by molar-refractivity contribution is 0.0977. The Morgan fingerprint density at radius 3 is 2.68 bits per heavy atom. The predicted molar refractivity (Wildman–Crippen MR) is 115 cm³/mol. The fraction of sp³-hybridized carbons (Fsp3) is 0.333. The molecule has 1 N–H and O–H groups in total. The van der Waals surface area contributed by atoms with Crippen molar-refractivity contribution in [1.29, 1.82) is 5.26 Å². The first kappa shape index (κ1) is 19.6. The van der Waals surface area contributed by atoms with Gasteiger partial charge in [-0.15, -0.1) is 0 Å². The van der Waals surface area contributed by atoms with E-state index in [0.29, 0.717) is 30.3 Å². The quantitative estimate of drug-likeness (QED) is 0.682. The van der Waals surface area contributed by atoms with Gasteiger partial charge in [0, 0.05) is 29.3 Å². The van der Waals surface area contributed by atoms with E-state index >= 15 is 0 Å². The third-order valence-corrected chi connectivity index (χ3v) is 6.34. The van der Waals surface area contributed by atoms with E-state index in [1.807, 2.05) is 18.2 Å². The molecule has 2 aromatic carbocycles. The number of hydrogen-bond donors (Lipinski definition) is 1. The predicted octanol–water partition coefficient (Wildman–Crippen LogP) is 4.38. The summed E-state index contributed by atoms with van der Waals surface area (Å²) in [5.41, 5.74) is 3.68. The van der Waals surface area contributed by atoms with E-state index in [2.05, 4.69) is 22.1 Å². The number of hydrogen-bond acceptors (Lipinski definition) is 4. The maximum Gasteiger partial charge on any atom is 0.414 e. The van der Waals surface area contributed by atoms with Crippen LogP contribution in [0.3, 0.4) is 0 Å². The highest BCUT2D eigenvalue weighted by molar-refractivity contribution is 5.89. The van der Waals surface area contributed by atoms with Crippen LogP contribution in [-0.2, 0) is 4.74 Å². The molecule has 5 rings (SSSR count). The number of halogens is 1. The first-order chi connectivity index (χ1) is 15.1. The van der Waals surface area contributed by atoms with Gasteiger partial charge in [0.25, 0.3) is 0 Å². The minimum atomic E-state index is -0.376. The largest absolute Gasteiger partial charge is 0.443 e.